The van der Waals surface area contributed by atoms with Crippen LogP contribution in [0.15, 0.2) is 6.07 Å². The molecule has 0 atom stereocenters. The van der Waals surface area contributed by atoms with E-state index in [0.717, 1.165) is 7.11 Å². The molecule has 6 nitrogen and oxygen atoms in total. The van der Waals surface area contributed by atoms with Gasteiger partial charge in [-0.3, -0.25) is 0 Å². The number of aromatic hydroxyl groups is 1. The van der Waals surface area contributed by atoms with Crippen molar-refractivity contribution in [2.45, 2.75) is 6.36 Å². The summed E-state index contributed by atoms with van der Waals surface area (Å²) >= 11 is 0. The maximum absolute atomic E-state index is 11.9. The van der Waals surface area contributed by atoms with Gasteiger partial charge in [0.15, 0.2) is 17.2 Å². The summed E-state index contributed by atoms with van der Waals surface area (Å²) < 4.78 is 43.6. The fourth-order valence-electron chi connectivity index (χ4n) is 0.968. The predicted octanol–water partition coefficient (Wildman–Crippen LogP) is 1.39. The van der Waals surface area contributed by atoms with Crippen LogP contribution in [0.25, 0.3) is 0 Å². The van der Waals surface area contributed by atoms with E-state index in [4.69, 9.17) is 5.11 Å². The zero-order valence-electron chi connectivity index (χ0n) is 8.28. The third-order valence-electron chi connectivity index (χ3n) is 1.58. The Balaban J connectivity index is 3.25. The molecule has 1 aromatic rings. The quantitative estimate of drug-likeness (QED) is 0.846. The molecule has 0 aliphatic carbocycles. The van der Waals surface area contributed by atoms with E-state index in [9.17, 15) is 23.1 Å². The lowest BCUT2D eigenvalue weighted by molar-refractivity contribution is -0.276. The molecular formula is C8H6F3NO5. The van der Waals surface area contributed by atoms with Gasteiger partial charge in [-0.15, -0.1) is 13.2 Å². The molecule has 0 spiro atoms. The van der Waals surface area contributed by atoms with Crippen molar-refractivity contribution < 1.29 is 37.7 Å². The van der Waals surface area contributed by atoms with E-state index < -0.39 is 35.4 Å². The summed E-state index contributed by atoms with van der Waals surface area (Å²) in [6.07, 6.45) is -5.02. The predicted molar refractivity (Wildman–Crippen MR) is 46.1 cm³/mol. The third kappa shape index (κ3) is 3.13. The number of pyridine rings is 1. The lowest BCUT2D eigenvalue weighted by Gasteiger charge is -2.11. The van der Waals surface area contributed by atoms with Crippen LogP contribution in [0.3, 0.4) is 0 Å². The van der Waals surface area contributed by atoms with E-state index in [1.807, 2.05) is 0 Å². The minimum Gasteiger partial charge on any atom is -0.503 e. The van der Waals surface area contributed by atoms with Gasteiger partial charge in [0.1, 0.15) is 0 Å². The molecule has 0 saturated carbocycles. The van der Waals surface area contributed by atoms with Gasteiger partial charge < -0.3 is 19.7 Å². The molecule has 0 saturated heterocycles. The second-order valence-electron chi connectivity index (χ2n) is 2.71. The number of carboxylic acids is 1. The number of methoxy groups -OCH3 is 1. The number of rotatable bonds is 3. The van der Waals surface area contributed by atoms with Gasteiger partial charge in [0, 0.05) is 6.07 Å². The van der Waals surface area contributed by atoms with Gasteiger partial charge in [0.05, 0.1) is 7.11 Å². The molecule has 1 rings (SSSR count). The number of hydrogen-bond donors (Lipinski definition) is 2. The number of alkyl halides is 3. The summed E-state index contributed by atoms with van der Waals surface area (Å²) in [5, 5.41) is 17.9. The summed E-state index contributed by atoms with van der Waals surface area (Å²) in [6, 6.07) is 0.620. The summed E-state index contributed by atoms with van der Waals surface area (Å²) in [6.45, 7) is 0. The maximum atomic E-state index is 11.9. The number of nitrogens with zero attached hydrogens (tertiary/aromatic N) is 1. The van der Waals surface area contributed by atoms with Gasteiger partial charge in [-0.05, 0) is 0 Å². The van der Waals surface area contributed by atoms with Crippen LogP contribution in [0.1, 0.15) is 10.5 Å². The average molecular weight is 253 g/mol. The molecule has 0 bridgehead atoms. The first kappa shape index (κ1) is 12.9. The smallest absolute Gasteiger partial charge is 0.503 e. The largest absolute Gasteiger partial charge is 0.574 e. The van der Waals surface area contributed by atoms with Crippen LogP contribution in [-0.4, -0.2) is 34.6 Å². The Kier molecular flexibility index (Phi) is 3.30. The van der Waals surface area contributed by atoms with E-state index in [1.165, 1.54) is 0 Å². The normalized spacial score (nSPS) is 11.1. The molecule has 0 aliphatic heterocycles. The monoisotopic (exact) mass is 253 g/mol. The van der Waals surface area contributed by atoms with Crippen LogP contribution in [0, 0.1) is 0 Å². The van der Waals surface area contributed by atoms with Gasteiger partial charge in [-0.25, -0.2) is 9.78 Å². The molecule has 9 heteroatoms. The second kappa shape index (κ2) is 4.36. The number of ether oxygens (including phenoxy) is 2. The fourth-order valence-corrected chi connectivity index (χ4v) is 0.968. The topological polar surface area (TPSA) is 88.9 Å². The first-order valence-electron chi connectivity index (χ1n) is 4.01. The SMILES string of the molecule is COc1cc(OC(F)(F)F)nc(C(=O)O)c1O. The second-order valence-corrected chi connectivity index (χ2v) is 2.71. The Bertz CT molecular complexity index is 446. The van der Waals surface area contributed by atoms with E-state index in [1.54, 1.807) is 0 Å². The first-order valence-corrected chi connectivity index (χ1v) is 4.01. The van der Waals surface area contributed by atoms with Crippen LogP contribution in [0.4, 0.5) is 13.2 Å². The highest BCUT2D eigenvalue weighted by molar-refractivity contribution is 5.89. The van der Waals surface area contributed by atoms with Crippen molar-refractivity contribution in [1.29, 1.82) is 0 Å². The zero-order chi connectivity index (χ0) is 13.2. The molecule has 94 valence electrons. The Labute approximate surface area is 92.2 Å². The molecule has 2 N–H and O–H groups in total. The molecule has 0 amide bonds. The maximum Gasteiger partial charge on any atom is 0.574 e. The molecule has 17 heavy (non-hydrogen) atoms. The standard InChI is InChI=1S/C8H6F3NO5/c1-16-3-2-4(17-8(9,10)11)12-5(6(3)13)7(14)15/h2,13H,1H3,(H,14,15). The van der Waals surface area contributed by atoms with Gasteiger partial charge in [-0.1, -0.05) is 0 Å². The minimum absolute atomic E-state index is 0.489. The molecule has 0 aromatic carbocycles. The number of aromatic nitrogens is 1. The first-order chi connectivity index (χ1) is 7.74. The van der Waals surface area contributed by atoms with E-state index in [0.29, 0.717) is 6.07 Å². The van der Waals surface area contributed by atoms with Gasteiger partial charge in [-0.2, -0.15) is 0 Å². The van der Waals surface area contributed by atoms with Crippen molar-refractivity contribution in [3.05, 3.63) is 11.8 Å². The number of halogens is 3. The third-order valence-corrected chi connectivity index (χ3v) is 1.58. The lowest BCUT2D eigenvalue weighted by Crippen LogP contribution is -2.18. The molecule has 0 aliphatic rings. The Morgan fingerprint density at radius 2 is 2.06 bits per heavy atom. The summed E-state index contributed by atoms with van der Waals surface area (Å²) in [7, 11) is 1.04. The molecule has 0 fully saturated rings. The van der Waals surface area contributed by atoms with E-state index in [-0.39, 0.29) is 0 Å². The minimum atomic E-state index is -5.02. The highest BCUT2D eigenvalue weighted by Gasteiger charge is 2.33. The summed E-state index contributed by atoms with van der Waals surface area (Å²) in [5.41, 5.74) is -0.997. The van der Waals surface area contributed by atoms with E-state index in [2.05, 4.69) is 14.5 Å². The van der Waals surface area contributed by atoms with Crippen molar-refractivity contribution in [2.24, 2.45) is 0 Å². The molecule has 1 heterocycles. The Morgan fingerprint density at radius 3 is 2.47 bits per heavy atom. The highest BCUT2D eigenvalue weighted by atomic mass is 19.4. The zero-order valence-corrected chi connectivity index (χ0v) is 8.28. The fraction of sp³-hybridized carbons (Fsp3) is 0.250. The van der Waals surface area contributed by atoms with Crippen molar-refractivity contribution in [3.8, 4) is 17.4 Å². The van der Waals surface area contributed by atoms with E-state index >= 15 is 0 Å². The van der Waals surface area contributed by atoms with Crippen LogP contribution in [0.2, 0.25) is 0 Å². The molecule has 0 radical (unpaired) electrons. The van der Waals surface area contributed by atoms with Crippen molar-refractivity contribution >= 4 is 5.97 Å². The Hall–Kier alpha value is -2.19. The van der Waals surface area contributed by atoms with Crippen LogP contribution < -0.4 is 9.47 Å². The van der Waals surface area contributed by atoms with Gasteiger partial charge >= 0.3 is 12.3 Å². The summed E-state index contributed by atoms with van der Waals surface area (Å²) in [5.74, 6) is -4.12. The average Bonchev–Trinajstić information content (AvgIpc) is 2.17. The number of aromatic carboxylic acids is 1. The molecular weight excluding hydrogens is 247 g/mol. The number of carbonyl (C=O) groups is 1. The molecule has 1 aromatic heterocycles. The summed E-state index contributed by atoms with van der Waals surface area (Å²) in [4.78, 5) is 13.6. The van der Waals surface area contributed by atoms with Crippen LogP contribution in [-0.2, 0) is 0 Å². The van der Waals surface area contributed by atoms with Gasteiger partial charge in [0.2, 0.25) is 5.88 Å². The highest BCUT2D eigenvalue weighted by Crippen LogP contribution is 2.33. The van der Waals surface area contributed by atoms with Crippen molar-refractivity contribution in [2.75, 3.05) is 7.11 Å². The molecule has 0 unspecified atom stereocenters. The van der Waals surface area contributed by atoms with Crippen molar-refractivity contribution in [3.63, 3.8) is 0 Å². The number of hydrogen-bond acceptors (Lipinski definition) is 5. The lowest BCUT2D eigenvalue weighted by atomic mass is 10.3. The Morgan fingerprint density at radius 1 is 1.47 bits per heavy atom. The van der Waals surface area contributed by atoms with Gasteiger partial charge in [0.25, 0.3) is 0 Å². The van der Waals surface area contributed by atoms with Crippen LogP contribution >= 0.6 is 0 Å². The number of carboxylic acid groups (broad SMARTS) is 1. The van der Waals surface area contributed by atoms with Crippen molar-refractivity contribution in [1.82, 2.24) is 4.98 Å². The van der Waals surface area contributed by atoms with Crippen LogP contribution in [0.5, 0.6) is 17.4 Å².